The summed E-state index contributed by atoms with van der Waals surface area (Å²) in [4.78, 5) is 14.5. The van der Waals surface area contributed by atoms with Gasteiger partial charge in [-0.25, -0.2) is 8.78 Å². The highest BCUT2D eigenvalue weighted by Gasteiger charge is 2.34. The number of rotatable bonds is 7. The minimum absolute atomic E-state index is 0.0520. The maximum absolute atomic E-state index is 13.0. The Kier molecular flexibility index (Phi) is 6.25. The number of carbonyl (C=O) groups is 1. The number of benzene rings is 1. The number of halogens is 3. The van der Waals surface area contributed by atoms with Gasteiger partial charge in [0.05, 0.1) is 24.8 Å². The summed E-state index contributed by atoms with van der Waals surface area (Å²) in [7, 11) is -4.20. The van der Waals surface area contributed by atoms with Gasteiger partial charge >= 0.3 is 10.0 Å². The van der Waals surface area contributed by atoms with Gasteiger partial charge in [-0.15, -0.1) is 0 Å². The van der Waals surface area contributed by atoms with Gasteiger partial charge < -0.3 is 10.0 Å². The topological polar surface area (TPSA) is 110 Å². The molecule has 1 aromatic carbocycles. The van der Waals surface area contributed by atoms with Crippen LogP contribution < -0.4 is 0 Å². The van der Waals surface area contributed by atoms with Crippen molar-refractivity contribution in [2.24, 2.45) is 0 Å². The second kappa shape index (κ2) is 8.84. The minimum Gasteiger partial charge on any atom is -0.395 e. The molecule has 0 saturated carbocycles. The molecule has 3 heterocycles. The number of nitrogens with zero attached hydrogens (tertiary/aromatic N) is 5. The Morgan fingerprint density at radius 2 is 1.94 bits per heavy atom. The highest BCUT2D eigenvalue weighted by molar-refractivity contribution is 7.89. The Balaban J connectivity index is 1.54. The highest BCUT2D eigenvalue weighted by Crippen LogP contribution is 2.30. The van der Waals surface area contributed by atoms with Gasteiger partial charge in [0.1, 0.15) is 6.54 Å². The first-order chi connectivity index (χ1) is 15.6. The van der Waals surface area contributed by atoms with Gasteiger partial charge in [0.15, 0.2) is 0 Å². The third-order valence-corrected chi connectivity index (χ3v) is 7.26. The van der Waals surface area contributed by atoms with Crippen LogP contribution in [0.1, 0.15) is 28.3 Å². The van der Waals surface area contributed by atoms with Crippen LogP contribution in [0.5, 0.6) is 0 Å². The fourth-order valence-electron chi connectivity index (χ4n) is 3.78. The van der Waals surface area contributed by atoms with E-state index in [0.717, 1.165) is 8.77 Å². The number of aliphatic hydroxyl groups is 1. The predicted molar refractivity (Wildman–Crippen MR) is 113 cm³/mol. The zero-order valence-corrected chi connectivity index (χ0v) is 19.0. The van der Waals surface area contributed by atoms with Crippen molar-refractivity contribution in [1.29, 1.82) is 0 Å². The predicted octanol–water partition coefficient (Wildman–Crippen LogP) is 2.16. The number of fused-ring (bicyclic) bond motifs is 1. The summed E-state index contributed by atoms with van der Waals surface area (Å²) in [5, 5.41) is 17.7. The number of amides is 1. The van der Waals surface area contributed by atoms with Crippen LogP contribution in [-0.2, 0) is 34.5 Å². The van der Waals surface area contributed by atoms with Crippen LogP contribution in [-0.4, -0.2) is 56.3 Å². The molecule has 2 aromatic heterocycles. The van der Waals surface area contributed by atoms with Gasteiger partial charge in [0.25, 0.3) is 6.43 Å². The standard InChI is InChI=1S/C20H20ClF2N5O4S/c1-12-6-27(10-18(22)23)25-19(12)33(31,32)28-8-13-7-26(9-17(13)24-28)20(30)15(11-29)14-4-2-3-5-16(14)21/h2-6,8,15,18,29H,7,9-11H2,1H3/t15-/m0/s1. The van der Waals surface area contributed by atoms with E-state index in [1.807, 2.05) is 0 Å². The molecule has 0 saturated heterocycles. The maximum atomic E-state index is 13.0. The molecule has 1 amide bonds. The summed E-state index contributed by atoms with van der Waals surface area (Å²) in [6, 6.07) is 6.73. The van der Waals surface area contributed by atoms with Crippen LogP contribution in [0.2, 0.25) is 5.02 Å². The average Bonchev–Trinajstić information content (AvgIpc) is 3.42. The highest BCUT2D eigenvalue weighted by atomic mass is 35.5. The van der Waals surface area contributed by atoms with Crippen molar-refractivity contribution < 1.29 is 27.1 Å². The number of hydrogen-bond donors (Lipinski definition) is 1. The Morgan fingerprint density at radius 3 is 2.58 bits per heavy atom. The second-order valence-corrected chi connectivity index (χ2v) is 9.78. The molecule has 1 aliphatic rings. The fraction of sp³-hybridized carbons (Fsp3) is 0.350. The van der Waals surface area contributed by atoms with Crippen molar-refractivity contribution in [3.63, 3.8) is 0 Å². The smallest absolute Gasteiger partial charge is 0.302 e. The lowest BCUT2D eigenvalue weighted by atomic mass is 9.98. The summed E-state index contributed by atoms with van der Waals surface area (Å²) >= 11 is 6.17. The van der Waals surface area contributed by atoms with Gasteiger partial charge in [-0.2, -0.15) is 22.7 Å². The molecule has 0 unspecified atom stereocenters. The largest absolute Gasteiger partial charge is 0.395 e. The van der Waals surface area contributed by atoms with E-state index in [1.54, 1.807) is 24.3 Å². The van der Waals surface area contributed by atoms with Gasteiger partial charge in [-0.3, -0.25) is 9.48 Å². The van der Waals surface area contributed by atoms with Gasteiger partial charge in [0, 0.05) is 35.1 Å². The lowest BCUT2D eigenvalue weighted by molar-refractivity contribution is -0.134. The normalized spacial score (nSPS) is 14.7. The summed E-state index contributed by atoms with van der Waals surface area (Å²) < 4.78 is 52.8. The molecule has 0 bridgehead atoms. The molecule has 176 valence electrons. The van der Waals surface area contributed by atoms with Crippen LogP contribution in [0.3, 0.4) is 0 Å². The van der Waals surface area contributed by atoms with E-state index in [4.69, 9.17) is 11.6 Å². The number of alkyl halides is 2. The van der Waals surface area contributed by atoms with Gasteiger partial charge in [0.2, 0.25) is 10.9 Å². The molecule has 0 spiro atoms. The second-order valence-electron chi connectivity index (χ2n) is 7.66. The average molecular weight is 500 g/mol. The van der Waals surface area contributed by atoms with E-state index in [-0.39, 0.29) is 29.6 Å². The van der Waals surface area contributed by atoms with Crippen LogP contribution in [0.15, 0.2) is 41.7 Å². The molecule has 3 aromatic rings. The van der Waals surface area contributed by atoms with Crippen molar-refractivity contribution >= 4 is 27.5 Å². The van der Waals surface area contributed by atoms with Gasteiger partial charge in [-0.05, 0) is 18.6 Å². The van der Waals surface area contributed by atoms with E-state index in [0.29, 0.717) is 21.8 Å². The van der Waals surface area contributed by atoms with Crippen molar-refractivity contribution in [2.75, 3.05) is 6.61 Å². The van der Waals surface area contributed by atoms with Gasteiger partial charge in [-0.1, -0.05) is 29.8 Å². The SMILES string of the molecule is Cc1cn(CC(F)F)nc1S(=O)(=O)n1cc2c(n1)CN(C(=O)[C@@H](CO)c1ccccc1Cl)C2. The maximum Gasteiger partial charge on any atom is 0.302 e. The molecule has 9 nitrogen and oxygen atoms in total. The molecule has 0 aliphatic carbocycles. The Labute approximate surface area is 193 Å². The van der Waals surface area contributed by atoms with E-state index in [2.05, 4.69) is 10.2 Å². The first kappa shape index (κ1) is 23.3. The molecule has 1 atom stereocenters. The van der Waals surface area contributed by atoms with Crippen LogP contribution in [0.25, 0.3) is 0 Å². The molecule has 0 fully saturated rings. The van der Waals surface area contributed by atoms with E-state index in [1.165, 1.54) is 24.2 Å². The fourth-order valence-corrected chi connectivity index (χ4v) is 5.36. The van der Waals surface area contributed by atoms with Crippen molar-refractivity contribution in [1.82, 2.24) is 23.9 Å². The Bertz CT molecular complexity index is 1280. The molecule has 4 rings (SSSR count). The molecular formula is C20H20ClF2N5O4S. The van der Waals surface area contributed by atoms with Crippen molar-refractivity contribution in [3.05, 3.63) is 64.1 Å². The number of carbonyl (C=O) groups excluding carboxylic acids is 1. The first-order valence-electron chi connectivity index (χ1n) is 9.91. The molecule has 1 N–H and O–H groups in total. The van der Waals surface area contributed by atoms with E-state index >= 15 is 0 Å². The molecular weight excluding hydrogens is 480 g/mol. The molecule has 33 heavy (non-hydrogen) atoms. The third-order valence-electron chi connectivity index (χ3n) is 5.35. The quantitative estimate of drug-likeness (QED) is 0.533. The summed E-state index contributed by atoms with van der Waals surface area (Å²) in [5.74, 6) is -1.22. The van der Waals surface area contributed by atoms with Crippen LogP contribution in [0.4, 0.5) is 8.78 Å². The summed E-state index contributed by atoms with van der Waals surface area (Å²) in [6.07, 6.45) is -0.154. The third kappa shape index (κ3) is 4.37. The summed E-state index contributed by atoms with van der Waals surface area (Å²) in [5.41, 5.74) is 1.62. The lowest BCUT2D eigenvalue weighted by Crippen LogP contribution is -2.33. The monoisotopic (exact) mass is 499 g/mol. The van der Waals surface area contributed by atoms with Crippen molar-refractivity contribution in [3.8, 4) is 0 Å². The zero-order chi connectivity index (χ0) is 23.9. The minimum atomic E-state index is -4.20. The van der Waals surface area contributed by atoms with E-state index in [9.17, 15) is 27.1 Å². The molecule has 13 heteroatoms. The van der Waals surface area contributed by atoms with Crippen LogP contribution in [0, 0.1) is 6.92 Å². The molecule has 0 radical (unpaired) electrons. The Hall–Kier alpha value is -2.83. The number of aromatic nitrogens is 4. The van der Waals surface area contributed by atoms with E-state index < -0.39 is 35.5 Å². The Morgan fingerprint density at radius 1 is 1.21 bits per heavy atom. The number of aryl methyl sites for hydroxylation is 1. The summed E-state index contributed by atoms with van der Waals surface area (Å²) in [6.45, 7) is 0.454. The van der Waals surface area contributed by atoms with Crippen LogP contribution >= 0.6 is 11.6 Å². The molecule has 1 aliphatic heterocycles. The number of hydrogen-bond acceptors (Lipinski definition) is 6. The lowest BCUT2D eigenvalue weighted by Gasteiger charge is -2.22. The number of aliphatic hydroxyl groups excluding tert-OH is 1. The first-order valence-corrected chi connectivity index (χ1v) is 11.7. The zero-order valence-electron chi connectivity index (χ0n) is 17.4. The van der Waals surface area contributed by atoms with Crippen molar-refractivity contribution in [2.45, 2.75) is 43.9 Å².